The summed E-state index contributed by atoms with van der Waals surface area (Å²) < 4.78 is 2.59. The Bertz CT molecular complexity index is 338. The van der Waals surface area contributed by atoms with Crippen molar-refractivity contribution in [2.24, 2.45) is 0 Å². The summed E-state index contributed by atoms with van der Waals surface area (Å²) in [5.41, 5.74) is 2.40. The summed E-state index contributed by atoms with van der Waals surface area (Å²) in [6.45, 7) is 15.2. The molecule has 0 saturated carbocycles. The van der Waals surface area contributed by atoms with Crippen molar-refractivity contribution < 1.29 is 0 Å². The summed E-state index contributed by atoms with van der Waals surface area (Å²) in [6.07, 6.45) is 0. The van der Waals surface area contributed by atoms with E-state index in [2.05, 4.69) is 62.7 Å². The zero-order valence-electron chi connectivity index (χ0n) is 11.0. The summed E-state index contributed by atoms with van der Waals surface area (Å²) in [5.74, 6) is 0. The second kappa shape index (κ2) is 6.02. The quantitative estimate of drug-likeness (QED) is 0.707. The highest BCUT2D eigenvalue weighted by molar-refractivity contribution is 6.69. The van der Waals surface area contributed by atoms with Gasteiger partial charge in [0.05, 0.1) is 0 Å². The van der Waals surface area contributed by atoms with Gasteiger partial charge in [-0.2, -0.15) is 0 Å². The van der Waals surface area contributed by atoms with Crippen LogP contribution in [0.2, 0.25) is 6.55 Å². The molecule has 0 fully saturated rings. The maximum Gasteiger partial charge on any atom is 0.140 e. The summed E-state index contributed by atoms with van der Waals surface area (Å²) in [7, 11) is -0.924. The van der Waals surface area contributed by atoms with E-state index in [0.29, 0.717) is 0 Å². The maximum absolute atomic E-state index is 3.97. The SMILES string of the molecule is C=C(C)c1ccc([SiH](C)N(CC)CC)cc1. The third kappa shape index (κ3) is 3.06. The van der Waals surface area contributed by atoms with Crippen LogP contribution in [0.3, 0.4) is 0 Å². The van der Waals surface area contributed by atoms with Gasteiger partial charge in [-0.05, 0) is 30.8 Å². The minimum absolute atomic E-state index is 0.924. The van der Waals surface area contributed by atoms with Crippen LogP contribution in [0.15, 0.2) is 30.8 Å². The lowest BCUT2D eigenvalue weighted by Crippen LogP contribution is -2.45. The van der Waals surface area contributed by atoms with E-state index in [4.69, 9.17) is 0 Å². The first-order valence-electron chi connectivity index (χ1n) is 6.10. The molecule has 0 aromatic heterocycles. The smallest absolute Gasteiger partial charge is 0.140 e. The molecule has 1 aromatic carbocycles. The number of allylic oxidation sites excluding steroid dienone is 1. The van der Waals surface area contributed by atoms with Crippen LogP contribution < -0.4 is 5.19 Å². The lowest BCUT2D eigenvalue weighted by molar-refractivity contribution is 0.487. The zero-order chi connectivity index (χ0) is 12.1. The Hall–Kier alpha value is -0.863. The van der Waals surface area contributed by atoms with Crippen LogP contribution in [-0.4, -0.2) is 26.6 Å². The van der Waals surface area contributed by atoms with E-state index in [1.165, 1.54) is 10.8 Å². The van der Waals surface area contributed by atoms with E-state index >= 15 is 0 Å². The van der Waals surface area contributed by atoms with Gasteiger partial charge in [0, 0.05) is 0 Å². The Morgan fingerprint density at radius 3 is 2.06 bits per heavy atom. The normalized spacial score (nSPS) is 12.8. The average Bonchev–Trinajstić information content (AvgIpc) is 2.30. The Morgan fingerprint density at radius 2 is 1.69 bits per heavy atom. The van der Waals surface area contributed by atoms with Crippen LogP contribution in [0.25, 0.3) is 5.57 Å². The molecule has 0 saturated heterocycles. The minimum atomic E-state index is -0.924. The topological polar surface area (TPSA) is 3.24 Å². The van der Waals surface area contributed by atoms with Gasteiger partial charge in [-0.25, -0.2) is 0 Å². The molecule has 0 radical (unpaired) electrons. The number of benzene rings is 1. The fourth-order valence-electron chi connectivity index (χ4n) is 2.03. The maximum atomic E-state index is 3.97. The second-order valence-corrected chi connectivity index (χ2v) is 7.05. The molecule has 0 aliphatic rings. The predicted octanol–water partition coefficient (Wildman–Crippen LogP) is 2.62. The van der Waals surface area contributed by atoms with Gasteiger partial charge >= 0.3 is 0 Å². The second-order valence-electron chi connectivity index (χ2n) is 4.30. The minimum Gasteiger partial charge on any atom is -0.323 e. The van der Waals surface area contributed by atoms with Crippen LogP contribution in [0, 0.1) is 0 Å². The van der Waals surface area contributed by atoms with Crippen molar-refractivity contribution in [1.29, 1.82) is 0 Å². The van der Waals surface area contributed by atoms with Gasteiger partial charge in [-0.15, -0.1) is 0 Å². The molecule has 2 heteroatoms. The summed E-state index contributed by atoms with van der Waals surface area (Å²) in [4.78, 5) is 0. The molecule has 1 atom stereocenters. The monoisotopic (exact) mass is 233 g/mol. The molecule has 0 amide bonds. The zero-order valence-corrected chi connectivity index (χ0v) is 12.1. The Balaban J connectivity index is 2.84. The van der Waals surface area contributed by atoms with Crippen LogP contribution >= 0.6 is 0 Å². The Kier molecular flexibility index (Phi) is 4.96. The number of rotatable bonds is 5. The van der Waals surface area contributed by atoms with Crippen molar-refractivity contribution in [3.8, 4) is 0 Å². The van der Waals surface area contributed by atoms with Crippen molar-refractivity contribution in [3.63, 3.8) is 0 Å². The fourth-order valence-corrected chi connectivity index (χ4v) is 4.29. The molecule has 1 rings (SSSR count). The molecule has 1 aromatic rings. The van der Waals surface area contributed by atoms with Crippen molar-refractivity contribution in [1.82, 2.24) is 4.57 Å². The van der Waals surface area contributed by atoms with Crippen molar-refractivity contribution in [2.75, 3.05) is 13.1 Å². The molecule has 16 heavy (non-hydrogen) atoms. The highest BCUT2D eigenvalue weighted by Gasteiger charge is 2.13. The van der Waals surface area contributed by atoms with Crippen molar-refractivity contribution in [2.45, 2.75) is 27.3 Å². The molecular weight excluding hydrogens is 210 g/mol. The molecule has 0 aliphatic heterocycles. The number of hydrogen-bond donors (Lipinski definition) is 0. The summed E-state index contributed by atoms with van der Waals surface area (Å²) >= 11 is 0. The highest BCUT2D eigenvalue weighted by atomic mass is 28.3. The van der Waals surface area contributed by atoms with E-state index < -0.39 is 8.96 Å². The van der Waals surface area contributed by atoms with E-state index in [1.807, 2.05) is 0 Å². The third-order valence-electron chi connectivity index (χ3n) is 3.25. The third-order valence-corrected chi connectivity index (χ3v) is 6.42. The highest BCUT2D eigenvalue weighted by Crippen LogP contribution is 2.09. The van der Waals surface area contributed by atoms with Gasteiger partial charge in [0.2, 0.25) is 0 Å². The van der Waals surface area contributed by atoms with Crippen LogP contribution in [0.1, 0.15) is 26.3 Å². The van der Waals surface area contributed by atoms with Gasteiger partial charge in [0.15, 0.2) is 0 Å². The first-order chi connectivity index (χ1) is 7.60. The predicted molar refractivity (Wildman–Crippen MR) is 76.7 cm³/mol. The lowest BCUT2D eigenvalue weighted by Gasteiger charge is -2.25. The first-order valence-corrected chi connectivity index (χ1v) is 8.34. The Morgan fingerprint density at radius 1 is 1.19 bits per heavy atom. The lowest BCUT2D eigenvalue weighted by atomic mass is 10.1. The van der Waals surface area contributed by atoms with E-state index in [0.717, 1.165) is 18.7 Å². The molecule has 0 heterocycles. The number of nitrogens with zero attached hydrogens (tertiary/aromatic N) is 1. The molecule has 0 bridgehead atoms. The molecule has 0 spiro atoms. The molecule has 1 nitrogen and oxygen atoms in total. The molecular formula is C14H23NSi. The standard InChI is InChI=1S/C14H23NSi/c1-6-15(7-2)16(5)14-10-8-13(9-11-14)12(3)4/h8-11,16H,3,6-7H2,1-2,4-5H3. The van der Waals surface area contributed by atoms with E-state index in [1.54, 1.807) is 0 Å². The first kappa shape index (κ1) is 13.2. The van der Waals surface area contributed by atoms with Crippen LogP contribution in [-0.2, 0) is 0 Å². The molecule has 88 valence electrons. The van der Waals surface area contributed by atoms with E-state index in [-0.39, 0.29) is 0 Å². The fraction of sp³-hybridized carbons (Fsp3) is 0.429. The van der Waals surface area contributed by atoms with E-state index in [9.17, 15) is 0 Å². The van der Waals surface area contributed by atoms with Gasteiger partial charge in [0.25, 0.3) is 0 Å². The largest absolute Gasteiger partial charge is 0.323 e. The molecule has 0 aliphatic carbocycles. The van der Waals surface area contributed by atoms with Gasteiger partial charge in [0.1, 0.15) is 8.96 Å². The van der Waals surface area contributed by atoms with Gasteiger partial charge in [-0.1, -0.05) is 56.8 Å². The number of hydrogen-bond acceptors (Lipinski definition) is 1. The van der Waals surface area contributed by atoms with Crippen LogP contribution in [0.4, 0.5) is 0 Å². The summed E-state index contributed by atoms with van der Waals surface area (Å²) in [6, 6.07) is 8.95. The Labute approximate surface area is 101 Å². The average molecular weight is 233 g/mol. The summed E-state index contributed by atoms with van der Waals surface area (Å²) in [5, 5.41) is 1.52. The van der Waals surface area contributed by atoms with Crippen molar-refractivity contribution in [3.05, 3.63) is 36.4 Å². The van der Waals surface area contributed by atoms with Crippen LogP contribution in [0.5, 0.6) is 0 Å². The van der Waals surface area contributed by atoms with Gasteiger partial charge in [-0.3, -0.25) is 0 Å². The van der Waals surface area contributed by atoms with Crippen molar-refractivity contribution >= 4 is 19.7 Å². The molecule has 1 unspecified atom stereocenters. The van der Waals surface area contributed by atoms with Gasteiger partial charge < -0.3 is 4.57 Å². The molecule has 0 N–H and O–H groups in total.